The highest BCUT2D eigenvalue weighted by atomic mass is 19.1. The van der Waals surface area contributed by atoms with Gasteiger partial charge in [-0.3, -0.25) is 9.59 Å². The van der Waals surface area contributed by atoms with Gasteiger partial charge in [0.25, 0.3) is 0 Å². The topological polar surface area (TPSA) is 86.6 Å². The van der Waals surface area contributed by atoms with Crippen molar-refractivity contribution in [3.63, 3.8) is 0 Å². The van der Waals surface area contributed by atoms with E-state index in [0.717, 1.165) is 0 Å². The minimum absolute atomic E-state index is 0.00981. The normalized spacial score (nSPS) is 30.2. The van der Waals surface area contributed by atoms with Crippen LogP contribution in [0.25, 0.3) is 0 Å². The first-order valence-electron chi connectivity index (χ1n) is 7.82. The predicted molar refractivity (Wildman–Crippen MR) is 80.0 cm³/mol. The number of aliphatic hydroxyl groups excluding tert-OH is 1. The number of hydrogen-bond donors (Lipinski definition) is 3. The summed E-state index contributed by atoms with van der Waals surface area (Å²) in [5.41, 5.74) is -0.973. The van der Waals surface area contributed by atoms with E-state index in [2.05, 4.69) is 5.32 Å². The molecular formula is C17H20FNO4. The summed E-state index contributed by atoms with van der Waals surface area (Å²) in [6.45, 7) is -0.00981. The number of nitrogens with one attached hydrogen (secondary N) is 1. The fourth-order valence-electron chi connectivity index (χ4n) is 4.01. The fraction of sp³-hybridized carbons (Fsp3) is 0.529. The van der Waals surface area contributed by atoms with Crippen molar-refractivity contribution in [2.24, 2.45) is 10.8 Å². The molecule has 1 aromatic carbocycles. The number of aliphatic hydroxyl groups is 1. The lowest BCUT2D eigenvalue weighted by molar-refractivity contribution is -0.148. The smallest absolute Gasteiger partial charge is 0.309 e. The Bertz CT molecular complexity index is 637. The van der Waals surface area contributed by atoms with Gasteiger partial charge >= 0.3 is 5.97 Å². The van der Waals surface area contributed by atoms with E-state index in [1.54, 1.807) is 6.07 Å². The van der Waals surface area contributed by atoms with Crippen LogP contribution in [0.2, 0.25) is 0 Å². The number of carboxylic acids is 1. The lowest BCUT2D eigenvalue weighted by atomic mass is 9.81. The van der Waals surface area contributed by atoms with E-state index in [4.69, 9.17) is 0 Å². The first kappa shape index (κ1) is 15.9. The van der Waals surface area contributed by atoms with E-state index in [9.17, 15) is 24.2 Å². The van der Waals surface area contributed by atoms with E-state index < -0.39 is 28.7 Å². The second-order valence-corrected chi connectivity index (χ2v) is 6.82. The third-order valence-electron chi connectivity index (χ3n) is 5.47. The summed E-state index contributed by atoms with van der Waals surface area (Å²) in [7, 11) is 0. The molecule has 0 spiro atoms. The van der Waals surface area contributed by atoms with Crippen molar-refractivity contribution in [2.75, 3.05) is 6.54 Å². The third-order valence-corrected chi connectivity index (χ3v) is 5.47. The molecular weight excluding hydrogens is 301 g/mol. The molecule has 2 bridgehead atoms. The lowest BCUT2D eigenvalue weighted by Gasteiger charge is -2.26. The number of carbonyl (C=O) groups excluding carboxylic acids is 1. The number of carbonyl (C=O) groups is 2. The van der Waals surface area contributed by atoms with Gasteiger partial charge < -0.3 is 15.5 Å². The molecule has 2 aliphatic rings. The number of halogens is 1. The van der Waals surface area contributed by atoms with Gasteiger partial charge in [0.15, 0.2) is 0 Å². The van der Waals surface area contributed by atoms with Crippen LogP contribution >= 0.6 is 0 Å². The van der Waals surface area contributed by atoms with Crippen molar-refractivity contribution in [3.8, 4) is 0 Å². The summed E-state index contributed by atoms with van der Waals surface area (Å²) in [4.78, 5) is 23.9. The van der Waals surface area contributed by atoms with Crippen molar-refractivity contribution in [2.45, 2.75) is 38.2 Å². The molecule has 1 unspecified atom stereocenters. The standard InChI is InChI=1S/C17H20FNO4/c18-12-3-1-2-11(8-12)13(20)9-19-14(21)16-4-6-17(10-16,7-5-16)15(22)23/h1-3,8,13,20H,4-7,9-10H2,(H,19,21)(H,22,23). The summed E-state index contributed by atoms with van der Waals surface area (Å²) in [6, 6.07) is 5.62. The molecule has 2 saturated carbocycles. The highest BCUT2D eigenvalue weighted by Crippen LogP contribution is 2.61. The number of fused-ring (bicyclic) bond motifs is 2. The van der Waals surface area contributed by atoms with Crippen LogP contribution < -0.4 is 5.32 Å². The average molecular weight is 321 g/mol. The van der Waals surface area contributed by atoms with Crippen LogP contribution in [-0.2, 0) is 9.59 Å². The van der Waals surface area contributed by atoms with E-state index in [0.29, 0.717) is 37.7 Å². The van der Waals surface area contributed by atoms with Crippen molar-refractivity contribution >= 4 is 11.9 Å². The molecule has 2 aliphatic carbocycles. The van der Waals surface area contributed by atoms with Gasteiger partial charge in [0.05, 0.1) is 16.9 Å². The number of hydrogen-bond acceptors (Lipinski definition) is 3. The van der Waals surface area contributed by atoms with Gasteiger partial charge in [-0.1, -0.05) is 12.1 Å². The predicted octanol–water partition coefficient (Wildman–Crippen LogP) is 2.01. The highest BCUT2D eigenvalue weighted by Gasteiger charge is 2.61. The van der Waals surface area contributed by atoms with Crippen LogP contribution in [-0.4, -0.2) is 28.6 Å². The van der Waals surface area contributed by atoms with Crippen LogP contribution in [0, 0.1) is 16.6 Å². The van der Waals surface area contributed by atoms with E-state index in [1.165, 1.54) is 18.2 Å². The van der Waals surface area contributed by atoms with Gasteiger partial charge in [0.1, 0.15) is 5.82 Å². The van der Waals surface area contributed by atoms with Crippen LogP contribution in [0.5, 0.6) is 0 Å². The number of aliphatic carboxylic acids is 1. The maximum Gasteiger partial charge on any atom is 0.309 e. The SMILES string of the molecule is O=C(O)C12CCC(C(=O)NCC(O)c3cccc(F)c3)(CC1)C2. The second kappa shape index (κ2) is 5.60. The Morgan fingerprint density at radius 1 is 1.22 bits per heavy atom. The Hall–Kier alpha value is -1.95. The molecule has 6 heteroatoms. The zero-order valence-corrected chi connectivity index (χ0v) is 12.7. The minimum atomic E-state index is -0.988. The molecule has 23 heavy (non-hydrogen) atoms. The van der Waals surface area contributed by atoms with Crippen LogP contribution in [0.3, 0.4) is 0 Å². The maximum atomic E-state index is 13.2. The molecule has 3 rings (SSSR count). The van der Waals surface area contributed by atoms with Gasteiger partial charge in [-0.15, -0.1) is 0 Å². The third kappa shape index (κ3) is 2.72. The zero-order chi connectivity index (χ0) is 16.7. The summed E-state index contributed by atoms with van der Waals surface area (Å²) in [5, 5.41) is 22.2. The molecule has 1 amide bonds. The summed E-state index contributed by atoms with van der Waals surface area (Å²) >= 11 is 0. The molecule has 5 nitrogen and oxygen atoms in total. The average Bonchev–Trinajstić information content (AvgIpc) is 3.11. The van der Waals surface area contributed by atoms with Crippen molar-refractivity contribution in [1.82, 2.24) is 5.32 Å². The Morgan fingerprint density at radius 2 is 1.87 bits per heavy atom. The van der Waals surface area contributed by atoms with Gasteiger partial charge in [-0.2, -0.15) is 0 Å². The summed E-state index contributed by atoms with van der Waals surface area (Å²) in [5.74, 6) is -1.46. The highest BCUT2D eigenvalue weighted by molar-refractivity contribution is 5.87. The van der Waals surface area contributed by atoms with Gasteiger partial charge in [0.2, 0.25) is 5.91 Å². The second-order valence-electron chi connectivity index (χ2n) is 6.82. The molecule has 0 heterocycles. The van der Waals surface area contributed by atoms with Crippen LogP contribution in [0.15, 0.2) is 24.3 Å². The number of benzene rings is 1. The Balaban J connectivity index is 1.61. The number of amides is 1. The first-order chi connectivity index (χ1) is 10.9. The molecule has 1 atom stereocenters. The van der Waals surface area contributed by atoms with Crippen LogP contribution in [0.1, 0.15) is 43.8 Å². The molecule has 1 aromatic rings. The van der Waals surface area contributed by atoms with Gasteiger partial charge in [-0.25, -0.2) is 4.39 Å². The maximum absolute atomic E-state index is 13.2. The molecule has 3 N–H and O–H groups in total. The van der Waals surface area contributed by atoms with E-state index in [1.807, 2.05) is 0 Å². The zero-order valence-electron chi connectivity index (χ0n) is 12.7. The number of rotatable bonds is 5. The molecule has 2 fully saturated rings. The van der Waals surface area contributed by atoms with Crippen molar-refractivity contribution in [3.05, 3.63) is 35.6 Å². The Kier molecular flexibility index (Phi) is 3.88. The molecule has 0 aliphatic heterocycles. The molecule has 0 radical (unpaired) electrons. The molecule has 0 saturated heterocycles. The summed E-state index contributed by atoms with van der Waals surface area (Å²) < 4.78 is 13.2. The Morgan fingerprint density at radius 3 is 2.43 bits per heavy atom. The first-order valence-corrected chi connectivity index (χ1v) is 7.82. The molecule has 124 valence electrons. The minimum Gasteiger partial charge on any atom is -0.481 e. The van der Waals surface area contributed by atoms with Gasteiger partial charge in [0, 0.05) is 6.54 Å². The van der Waals surface area contributed by atoms with E-state index >= 15 is 0 Å². The van der Waals surface area contributed by atoms with E-state index in [-0.39, 0.29) is 12.5 Å². The quantitative estimate of drug-likeness (QED) is 0.774. The van der Waals surface area contributed by atoms with Crippen LogP contribution in [0.4, 0.5) is 4.39 Å². The largest absolute Gasteiger partial charge is 0.481 e. The summed E-state index contributed by atoms with van der Waals surface area (Å²) in [6.07, 6.45) is 1.59. The van der Waals surface area contributed by atoms with Crippen molar-refractivity contribution in [1.29, 1.82) is 0 Å². The number of carboxylic acid groups (broad SMARTS) is 1. The Labute approximate surface area is 133 Å². The van der Waals surface area contributed by atoms with Crippen molar-refractivity contribution < 1.29 is 24.2 Å². The molecule has 0 aromatic heterocycles. The fourth-order valence-corrected chi connectivity index (χ4v) is 4.01. The van der Waals surface area contributed by atoms with Gasteiger partial charge in [-0.05, 0) is 49.8 Å². The lowest BCUT2D eigenvalue weighted by Crippen LogP contribution is -2.40. The monoisotopic (exact) mass is 321 g/mol.